The predicted molar refractivity (Wildman–Crippen MR) is 72.4 cm³/mol. The van der Waals surface area contributed by atoms with Crippen molar-refractivity contribution in [3.8, 4) is 0 Å². The van der Waals surface area contributed by atoms with Crippen LogP contribution in [0.25, 0.3) is 0 Å². The first-order valence-corrected chi connectivity index (χ1v) is 7.70. The highest BCUT2D eigenvalue weighted by molar-refractivity contribution is 5.93. The van der Waals surface area contributed by atoms with Gasteiger partial charge in [-0.3, -0.25) is 9.59 Å². The fraction of sp³-hybridized carbons (Fsp3) is 0.867. The standard InChI is InChI=1S/C15H24N2O2/c1-15(12-5-6-12)14(19)17(10-8-13(18)16-15)9-7-11-3-2-4-11/h11-12H,2-10H2,1H3,(H,16,18). The van der Waals surface area contributed by atoms with E-state index in [4.69, 9.17) is 0 Å². The van der Waals surface area contributed by atoms with Crippen LogP contribution in [0.1, 0.15) is 51.9 Å². The Morgan fingerprint density at radius 2 is 2.00 bits per heavy atom. The van der Waals surface area contributed by atoms with E-state index in [0.717, 1.165) is 31.7 Å². The first-order valence-electron chi connectivity index (χ1n) is 7.70. The largest absolute Gasteiger partial charge is 0.342 e. The van der Waals surface area contributed by atoms with E-state index < -0.39 is 5.54 Å². The maximum atomic E-state index is 12.7. The molecular weight excluding hydrogens is 240 g/mol. The van der Waals surface area contributed by atoms with Crippen LogP contribution >= 0.6 is 0 Å². The van der Waals surface area contributed by atoms with Crippen LogP contribution < -0.4 is 5.32 Å². The molecule has 19 heavy (non-hydrogen) atoms. The highest BCUT2D eigenvalue weighted by Crippen LogP contribution is 2.41. The van der Waals surface area contributed by atoms with Crippen LogP contribution in [0.5, 0.6) is 0 Å². The van der Waals surface area contributed by atoms with Gasteiger partial charge in [0.2, 0.25) is 11.8 Å². The number of carbonyl (C=O) groups excluding carboxylic acids is 2. The molecule has 1 heterocycles. The van der Waals surface area contributed by atoms with Crippen LogP contribution in [0.15, 0.2) is 0 Å². The van der Waals surface area contributed by atoms with Crippen molar-refractivity contribution >= 4 is 11.8 Å². The van der Waals surface area contributed by atoms with E-state index in [1.165, 1.54) is 19.3 Å². The van der Waals surface area contributed by atoms with Crippen molar-refractivity contribution in [2.75, 3.05) is 13.1 Å². The molecule has 1 unspecified atom stereocenters. The molecule has 3 rings (SSSR count). The van der Waals surface area contributed by atoms with Crippen LogP contribution in [0.3, 0.4) is 0 Å². The number of carbonyl (C=O) groups is 2. The third-order valence-corrected chi connectivity index (χ3v) is 5.17. The van der Waals surface area contributed by atoms with Crippen molar-refractivity contribution in [2.24, 2.45) is 11.8 Å². The maximum Gasteiger partial charge on any atom is 0.248 e. The Kier molecular flexibility index (Phi) is 3.27. The van der Waals surface area contributed by atoms with Gasteiger partial charge in [-0.05, 0) is 38.0 Å². The molecule has 1 saturated heterocycles. The van der Waals surface area contributed by atoms with Crippen molar-refractivity contribution in [1.82, 2.24) is 10.2 Å². The molecule has 0 aromatic rings. The minimum Gasteiger partial charge on any atom is -0.342 e. The second kappa shape index (κ2) is 4.80. The zero-order valence-electron chi connectivity index (χ0n) is 11.8. The number of hydrogen-bond donors (Lipinski definition) is 1. The van der Waals surface area contributed by atoms with Gasteiger partial charge in [0.05, 0.1) is 0 Å². The van der Waals surface area contributed by atoms with E-state index in [1.807, 2.05) is 11.8 Å². The third kappa shape index (κ3) is 2.49. The lowest BCUT2D eigenvalue weighted by Crippen LogP contribution is -2.56. The van der Waals surface area contributed by atoms with Gasteiger partial charge in [0, 0.05) is 19.5 Å². The molecule has 4 heteroatoms. The van der Waals surface area contributed by atoms with Gasteiger partial charge in [0.25, 0.3) is 0 Å². The fourth-order valence-electron chi connectivity index (χ4n) is 3.34. The summed E-state index contributed by atoms with van der Waals surface area (Å²) in [5, 5.41) is 2.98. The number of amides is 2. The highest BCUT2D eigenvalue weighted by atomic mass is 16.2. The zero-order valence-corrected chi connectivity index (χ0v) is 11.8. The van der Waals surface area contributed by atoms with Crippen LogP contribution in [0.2, 0.25) is 0 Å². The first kappa shape index (κ1) is 12.9. The quantitative estimate of drug-likeness (QED) is 0.840. The average Bonchev–Trinajstić information content (AvgIpc) is 3.13. The topological polar surface area (TPSA) is 49.4 Å². The van der Waals surface area contributed by atoms with E-state index in [0.29, 0.717) is 18.9 Å². The van der Waals surface area contributed by atoms with Gasteiger partial charge in [0.1, 0.15) is 5.54 Å². The Balaban J connectivity index is 1.67. The van der Waals surface area contributed by atoms with Gasteiger partial charge >= 0.3 is 0 Å². The van der Waals surface area contributed by atoms with Crippen molar-refractivity contribution in [3.63, 3.8) is 0 Å². The molecule has 1 aliphatic heterocycles. The Labute approximate surface area is 114 Å². The lowest BCUT2D eigenvalue weighted by atomic mass is 9.83. The van der Waals surface area contributed by atoms with Crippen LogP contribution in [-0.4, -0.2) is 35.3 Å². The zero-order chi connectivity index (χ0) is 13.5. The lowest BCUT2D eigenvalue weighted by molar-refractivity contribution is -0.139. The van der Waals surface area contributed by atoms with E-state index in [2.05, 4.69) is 5.32 Å². The Morgan fingerprint density at radius 3 is 2.58 bits per heavy atom. The monoisotopic (exact) mass is 264 g/mol. The van der Waals surface area contributed by atoms with Crippen LogP contribution in [0, 0.1) is 11.8 Å². The minimum absolute atomic E-state index is 0.0360. The number of rotatable bonds is 4. The van der Waals surface area contributed by atoms with Crippen molar-refractivity contribution in [3.05, 3.63) is 0 Å². The van der Waals surface area contributed by atoms with E-state index >= 15 is 0 Å². The van der Waals surface area contributed by atoms with Crippen molar-refractivity contribution in [2.45, 2.75) is 57.4 Å². The summed E-state index contributed by atoms with van der Waals surface area (Å²) in [7, 11) is 0. The molecule has 0 aromatic heterocycles. The van der Waals surface area contributed by atoms with Gasteiger partial charge in [-0.2, -0.15) is 0 Å². The van der Waals surface area contributed by atoms with Gasteiger partial charge in [-0.1, -0.05) is 19.3 Å². The normalized spacial score (nSPS) is 32.8. The summed E-state index contributed by atoms with van der Waals surface area (Å²) >= 11 is 0. The minimum atomic E-state index is -0.632. The molecule has 1 N–H and O–H groups in total. The fourth-order valence-corrected chi connectivity index (χ4v) is 3.34. The summed E-state index contributed by atoms with van der Waals surface area (Å²) in [5.74, 6) is 1.36. The van der Waals surface area contributed by atoms with Gasteiger partial charge in [0.15, 0.2) is 0 Å². The molecule has 0 radical (unpaired) electrons. The summed E-state index contributed by atoms with van der Waals surface area (Å²) in [6.07, 6.45) is 7.69. The molecule has 2 saturated carbocycles. The number of nitrogens with one attached hydrogen (secondary N) is 1. The Morgan fingerprint density at radius 1 is 1.26 bits per heavy atom. The molecule has 0 bridgehead atoms. The molecule has 3 aliphatic rings. The van der Waals surface area contributed by atoms with E-state index in [-0.39, 0.29) is 11.8 Å². The van der Waals surface area contributed by atoms with Crippen LogP contribution in [-0.2, 0) is 9.59 Å². The van der Waals surface area contributed by atoms with Crippen molar-refractivity contribution < 1.29 is 9.59 Å². The molecule has 0 spiro atoms. The molecule has 2 amide bonds. The van der Waals surface area contributed by atoms with Gasteiger partial charge in [-0.25, -0.2) is 0 Å². The molecule has 1 atom stereocenters. The van der Waals surface area contributed by atoms with E-state index in [9.17, 15) is 9.59 Å². The second-order valence-corrected chi connectivity index (χ2v) is 6.65. The average molecular weight is 264 g/mol. The van der Waals surface area contributed by atoms with Gasteiger partial charge < -0.3 is 10.2 Å². The Bertz CT molecular complexity index is 388. The third-order valence-electron chi connectivity index (χ3n) is 5.17. The molecule has 106 valence electrons. The van der Waals surface area contributed by atoms with Crippen molar-refractivity contribution in [1.29, 1.82) is 0 Å². The molecule has 0 aromatic carbocycles. The predicted octanol–water partition coefficient (Wildman–Crippen LogP) is 1.69. The summed E-state index contributed by atoms with van der Waals surface area (Å²) in [5.41, 5.74) is -0.632. The summed E-state index contributed by atoms with van der Waals surface area (Å²) in [4.78, 5) is 26.5. The second-order valence-electron chi connectivity index (χ2n) is 6.65. The smallest absolute Gasteiger partial charge is 0.248 e. The summed E-state index contributed by atoms with van der Waals surface area (Å²) < 4.78 is 0. The van der Waals surface area contributed by atoms with Gasteiger partial charge in [-0.15, -0.1) is 0 Å². The first-order chi connectivity index (χ1) is 9.09. The maximum absolute atomic E-state index is 12.7. The molecule has 4 nitrogen and oxygen atoms in total. The summed E-state index contributed by atoms with van der Waals surface area (Å²) in [6, 6.07) is 0. The number of nitrogens with zero attached hydrogens (tertiary/aromatic N) is 1. The molecule has 2 aliphatic carbocycles. The molecule has 3 fully saturated rings. The van der Waals surface area contributed by atoms with Crippen LogP contribution in [0.4, 0.5) is 0 Å². The Hall–Kier alpha value is -1.06. The summed E-state index contributed by atoms with van der Waals surface area (Å²) in [6.45, 7) is 3.35. The highest BCUT2D eigenvalue weighted by Gasteiger charge is 2.50. The number of hydrogen-bond acceptors (Lipinski definition) is 2. The SMILES string of the molecule is CC1(C2CC2)NC(=O)CCN(CCC2CCC2)C1=O. The van der Waals surface area contributed by atoms with E-state index in [1.54, 1.807) is 0 Å². The lowest BCUT2D eigenvalue weighted by Gasteiger charge is -2.34. The molecular formula is C15H24N2O2.